The average Bonchev–Trinajstić information content (AvgIpc) is 2.96. The Bertz CT molecular complexity index is 712. The van der Waals surface area contributed by atoms with Crippen molar-refractivity contribution in [2.45, 2.75) is 26.2 Å². The van der Waals surface area contributed by atoms with E-state index < -0.39 is 0 Å². The number of fused-ring (bicyclic) bond motifs is 1. The first-order valence-corrected chi connectivity index (χ1v) is 7.42. The first-order valence-electron chi connectivity index (χ1n) is 7.42. The predicted octanol–water partition coefficient (Wildman–Crippen LogP) is 3.64. The third kappa shape index (κ3) is 3.27. The number of hydrogen-bond acceptors (Lipinski definition) is 2. The van der Waals surface area contributed by atoms with Gasteiger partial charge < -0.3 is 10.1 Å². The zero-order chi connectivity index (χ0) is 15.5. The molecule has 114 valence electrons. The van der Waals surface area contributed by atoms with Crippen LogP contribution < -0.4 is 10.1 Å². The molecule has 2 aromatic carbocycles. The molecule has 0 aliphatic heterocycles. The van der Waals surface area contributed by atoms with Crippen molar-refractivity contribution in [1.82, 2.24) is 0 Å². The van der Waals surface area contributed by atoms with Crippen molar-refractivity contribution in [3.05, 3.63) is 58.9 Å². The van der Waals surface area contributed by atoms with Crippen LogP contribution in [-0.2, 0) is 17.6 Å². The molecule has 1 aliphatic carbocycles. The van der Waals surface area contributed by atoms with Crippen LogP contribution in [0.3, 0.4) is 0 Å². The fraction of sp³-hybridized carbons (Fsp3) is 0.278. The molecular formula is C18H18FNO2. The van der Waals surface area contributed by atoms with Gasteiger partial charge in [0.1, 0.15) is 11.6 Å². The van der Waals surface area contributed by atoms with Gasteiger partial charge in [-0.1, -0.05) is 12.1 Å². The molecule has 22 heavy (non-hydrogen) atoms. The lowest BCUT2D eigenvalue weighted by Crippen LogP contribution is -2.20. The molecule has 1 N–H and O–H groups in total. The Labute approximate surface area is 129 Å². The molecule has 1 aliphatic rings. The molecule has 4 heteroatoms. The van der Waals surface area contributed by atoms with Gasteiger partial charge in [-0.25, -0.2) is 4.39 Å². The molecule has 0 heterocycles. The number of rotatable bonds is 4. The highest BCUT2D eigenvalue weighted by Gasteiger charge is 2.12. The van der Waals surface area contributed by atoms with E-state index in [1.165, 1.54) is 23.6 Å². The van der Waals surface area contributed by atoms with E-state index in [9.17, 15) is 9.18 Å². The summed E-state index contributed by atoms with van der Waals surface area (Å²) >= 11 is 0. The van der Waals surface area contributed by atoms with E-state index >= 15 is 0 Å². The van der Waals surface area contributed by atoms with Crippen LogP contribution in [0.5, 0.6) is 5.75 Å². The monoisotopic (exact) mass is 299 g/mol. The average molecular weight is 299 g/mol. The van der Waals surface area contributed by atoms with E-state index in [-0.39, 0.29) is 18.3 Å². The highest BCUT2D eigenvalue weighted by atomic mass is 19.1. The summed E-state index contributed by atoms with van der Waals surface area (Å²) < 4.78 is 18.9. The number of aryl methyl sites for hydroxylation is 3. The Hall–Kier alpha value is -2.36. The van der Waals surface area contributed by atoms with Gasteiger partial charge in [0.15, 0.2) is 6.61 Å². The summed E-state index contributed by atoms with van der Waals surface area (Å²) in [6.45, 7) is 1.59. The van der Waals surface area contributed by atoms with Crippen molar-refractivity contribution in [3.63, 3.8) is 0 Å². The van der Waals surface area contributed by atoms with E-state index in [1.54, 1.807) is 19.1 Å². The molecular weight excluding hydrogens is 281 g/mol. The van der Waals surface area contributed by atoms with E-state index in [4.69, 9.17) is 4.74 Å². The third-order valence-electron chi connectivity index (χ3n) is 3.90. The van der Waals surface area contributed by atoms with Crippen LogP contribution >= 0.6 is 0 Å². The number of amides is 1. The van der Waals surface area contributed by atoms with Crippen molar-refractivity contribution in [1.29, 1.82) is 0 Å². The largest absolute Gasteiger partial charge is 0.484 e. The Kier molecular flexibility index (Phi) is 4.09. The molecule has 0 saturated heterocycles. The van der Waals surface area contributed by atoms with Gasteiger partial charge in [0.05, 0.1) is 0 Å². The molecule has 1 amide bonds. The van der Waals surface area contributed by atoms with Crippen LogP contribution in [0.4, 0.5) is 10.1 Å². The molecule has 0 saturated carbocycles. The summed E-state index contributed by atoms with van der Waals surface area (Å²) in [4.78, 5) is 11.9. The fourth-order valence-corrected chi connectivity index (χ4v) is 2.65. The quantitative estimate of drug-likeness (QED) is 0.936. The smallest absolute Gasteiger partial charge is 0.262 e. The normalized spacial score (nSPS) is 12.8. The molecule has 0 atom stereocenters. The molecule has 0 unspecified atom stereocenters. The topological polar surface area (TPSA) is 38.3 Å². The van der Waals surface area contributed by atoms with Gasteiger partial charge in [-0.2, -0.15) is 0 Å². The van der Waals surface area contributed by atoms with Crippen molar-refractivity contribution < 1.29 is 13.9 Å². The number of ether oxygens (including phenoxy) is 1. The van der Waals surface area contributed by atoms with Crippen molar-refractivity contribution in [3.8, 4) is 5.75 Å². The molecule has 0 radical (unpaired) electrons. The van der Waals surface area contributed by atoms with Gasteiger partial charge in [-0.05, 0) is 67.1 Å². The van der Waals surface area contributed by atoms with Gasteiger partial charge in [0.2, 0.25) is 0 Å². The van der Waals surface area contributed by atoms with Gasteiger partial charge in [0.25, 0.3) is 5.91 Å². The predicted molar refractivity (Wildman–Crippen MR) is 83.7 cm³/mol. The number of carbonyl (C=O) groups is 1. The molecule has 2 aromatic rings. The zero-order valence-corrected chi connectivity index (χ0v) is 12.5. The summed E-state index contributed by atoms with van der Waals surface area (Å²) in [6.07, 6.45) is 3.37. The second-order valence-electron chi connectivity index (χ2n) is 5.58. The van der Waals surface area contributed by atoms with Crippen LogP contribution in [0.25, 0.3) is 0 Å². The molecule has 0 spiro atoms. The third-order valence-corrected chi connectivity index (χ3v) is 3.90. The second kappa shape index (κ2) is 6.18. The number of anilines is 1. The Morgan fingerprint density at radius 1 is 1.18 bits per heavy atom. The van der Waals surface area contributed by atoms with E-state index in [1.807, 2.05) is 12.1 Å². The van der Waals surface area contributed by atoms with Gasteiger partial charge in [-0.3, -0.25) is 4.79 Å². The number of halogens is 1. The standard InChI is InChI=1S/C18H18FNO2/c1-12-5-7-15(10-17(12)19)20-18(21)11-22-16-8-6-13-3-2-4-14(13)9-16/h5-10H,2-4,11H2,1H3,(H,20,21). The molecule has 3 nitrogen and oxygen atoms in total. The Morgan fingerprint density at radius 3 is 2.82 bits per heavy atom. The number of nitrogens with one attached hydrogen (secondary N) is 1. The summed E-state index contributed by atoms with van der Waals surface area (Å²) in [7, 11) is 0. The van der Waals surface area contributed by atoms with Gasteiger partial charge in [0, 0.05) is 5.69 Å². The maximum Gasteiger partial charge on any atom is 0.262 e. The lowest BCUT2D eigenvalue weighted by Gasteiger charge is -2.09. The van der Waals surface area contributed by atoms with Crippen LogP contribution in [0.15, 0.2) is 36.4 Å². The SMILES string of the molecule is Cc1ccc(NC(=O)COc2ccc3c(c2)CCC3)cc1F. The van der Waals surface area contributed by atoms with Crippen LogP contribution in [0, 0.1) is 12.7 Å². The summed E-state index contributed by atoms with van der Waals surface area (Å²) in [6, 6.07) is 10.6. The highest BCUT2D eigenvalue weighted by Crippen LogP contribution is 2.26. The maximum absolute atomic E-state index is 13.4. The number of hydrogen-bond donors (Lipinski definition) is 1. The minimum atomic E-state index is -0.336. The molecule has 0 aromatic heterocycles. The van der Waals surface area contributed by atoms with Crippen LogP contribution in [0.1, 0.15) is 23.1 Å². The fourth-order valence-electron chi connectivity index (χ4n) is 2.65. The Morgan fingerprint density at radius 2 is 2.00 bits per heavy atom. The molecule has 0 bridgehead atoms. The summed E-state index contributed by atoms with van der Waals surface area (Å²) in [5.41, 5.74) is 3.66. The number of carbonyl (C=O) groups excluding carboxylic acids is 1. The van der Waals surface area contributed by atoms with E-state index in [2.05, 4.69) is 11.4 Å². The van der Waals surface area contributed by atoms with E-state index in [0.717, 1.165) is 12.8 Å². The first-order chi connectivity index (χ1) is 10.6. The van der Waals surface area contributed by atoms with Crippen LogP contribution in [0.2, 0.25) is 0 Å². The zero-order valence-electron chi connectivity index (χ0n) is 12.5. The minimum absolute atomic E-state index is 0.0890. The minimum Gasteiger partial charge on any atom is -0.484 e. The van der Waals surface area contributed by atoms with Crippen molar-refractivity contribution >= 4 is 11.6 Å². The van der Waals surface area contributed by atoms with Crippen LogP contribution in [-0.4, -0.2) is 12.5 Å². The summed E-state index contributed by atoms with van der Waals surface area (Å²) in [5.74, 6) is 0.0620. The molecule has 3 rings (SSSR count). The Balaban J connectivity index is 1.57. The number of benzene rings is 2. The highest BCUT2D eigenvalue weighted by molar-refractivity contribution is 5.91. The van der Waals surface area contributed by atoms with Gasteiger partial charge >= 0.3 is 0 Å². The molecule has 0 fully saturated rings. The lowest BCUT2D eigenvalue weighted by molar-refractivity contribution is -0.118. The second-order valence-corrected chi connectivity index (χ2v) is 5.58. The van der Waals surface area contributed by atoms with Crippen molar-refractivity contribution in [2.75, 3.05) is 11.9 Å². The van der Waals surface area contributed by atoms with Crippen molar-refractivity contribution in [2.24, 2.45) is 0 Å². The van der Waals surface area contributed by atoms with E-state index in [0.29, 0.717) is 17.0 Å². The van der Waals surface area contributed by atoms with Gasteiger partial charge in [-0.15, -0.1) is 0 Å². The maximum atomic E-state index is 13.4. The summed E-state index contributed by atoms with van der Waals surface area (Å²) in [5, 5.41) is 2.63. The first kappa shape index (κ1) is 14.6. The lowest BCUT2D eigenvalue weighted by atomic mass is 10.1.